The molecular formula is C17H26O2. The van der Waals surface area contributed by atoms with Crippen LogP contribution in [0.2, 0.25) is 0 Å². The van der Waals surface area contributed by atoms with Crippen LogP contribution in [0.1, 0.15) is 57.4 Å². The zero-order valence-electron chi connectivity index (χ0n) is 12.2. The van der Waals surface area contributed by atoms with Gasteiger partial charge in [0.15, 0.2) is 0 Å². The molecule has 0 radical (unpaired) electrons. The smallest absolute Gasteiger partial charge is 0.122 e. The average Bonchev–Trinajstić information content (AvgIpc) is 2.87. The Morgan fingerprint density at radius 1 is 1.32 bits per heavy atom. The van der Waals surface area contributed by atoms with E-state index >= 15 is 0 Å². The predicted octanol–water partition coefficient (Wildman–Crippen LogP) is 4.13. The van der Waals surface area contributed by atoms with Crippen LogP contribution in [-0.2, 0) is 0 Å². The monoisotopic (exact) mass is 262 g/mol. The third-order valence-electron chi connectivity index (χ3n) is 4.62. The lowest BCUT2D eigenvalue weighted by Gasteiger charge is -2.33. The Morgan fingerprint density at radius 2 is 2.11 bits per heavy atom. The van der Waals surface area contributed by atoms with Gasteiger partial charge in [0, 0.05) is 18.1 Å². The summed E-state index contributed by atoms with van der Waals surface area (Å²) in [6, 6.07) is 8.33. The molecule has 1 N–H and O–H groups in total. The van der Waals surface area contributed by atoms with Gasteiger partial charge in [-0.3, -0.25) is 0 Å². The topological polar surface area (TPSA) is 29.5 Å². The Kier molecular flexibility index (Phi) is 4.87. The van der Waals surface area contributed by atoms with Gasteiger partial charge in [0.05, 0.1) is 6.61 Å². The van der Waals surface area contributed by atoms with Crippen LogP contribution in [0.4, 0.5) is 0 Å². The largest absolute Gasteiger partial charge is 0.493 e. The summed E-state index contributed by atoms with van der Waals surface area (Å²) in [4.78, 5) is 0. The van der Waals surface area contributed by atoms with Crippen LogP contribution in [0.25, 0.3) is 0 Å². The first-order valence-electron chi connectivity index (χ1n) is 7.57. The molecule has 0 aliphatic carbocycles. The van der Waals surface area contributed by atoms with Gasteiger partial charge >= 0.3 is 0 Å². The number of ether oxygens (including phenoxy) is 1. The van der Waals surface area contributed by atoms with Gasteiger partial charge in [0.1, 0.15) is 5.75 Å². The van der Waals surface area contributed by atoms with Gasteiger partial charge in [-0.15, -0.1) is 0 Å². The molecule has 0 fully saturated rings. The number of hydrogen-bond acceptors (Lipinski definition) is 2. The van der Waals surface area contributed by atoms with Gasteiger partial charge in [-0.05, 0) is 30.7 Å². The van der Waals surface area contributed by atoms with Crippen molar-refractivity contribution in [2.75, 3.05) is 13.2 Å². The van der Waals surface area contributed by atoms with E-state index in [0.29, 0.717) is 12.5 Å². The Hall–Kier alpha value is -1.02. The van der Waals surface area contributed by atoms with Crippen LogP contribution in [0.5, 0.6) is 5.75 Å². The Morgan fingerprint density at radius 3 is 2.79 bits per heavy atom. The van der Waals surface area contributed by atoms with Crippen molar-refractivity contribution in [3.8, 4) is 5.75 Å². The second kappa shape index (κ2) is 6.42. The van der Waals surface area contributed by atoms with Crippen molar-refractivity contribution in [1.82, 2.24) is 0 Å². The fraction of sp³-hybridized carbons (Fsp3) is 0.647. The summed E-state index contributed by atoms with van der Waals surface area (Å²) in [5.74, 6) is 1.48. The molecule has 1 aliphatic rings. The molecule has 1 aliphatic heterocycles. The Bertz CT molecular complexity index is 396. The summed E-state index contributed by atoms with van der Waals surface area (Å²) in [5, 5.41) is 9.87. The van der Waals surface area contributed by atoms with Gasteiger partial charge in [-0.25, -0.2) is 0 Å². The lowest BCUT2D eigenvalue weighted by molar-refractivity contribution is 0.0863. The first-order chi connectivity index (χ1) is 9.24. The molecule has 106 valence electrons. The maximum absolute atomic E-state index is 9.87. The molecule has 0 saturated carbocycles. The van der Waals surface area contributed by atoms with Gasteiger partial charge in [-0.2, -0.15) is 0 Å². The summed E-state index contributed by atoms with van der Waals surface area (Å²) in [5.41, 5.74) is 1.40. The third kappa shape index (κ3) is 3.11. The third-order valence-corrected chi connectivity index (χ3v) is 4.62. The van der Waals surface area contributed by atoms with Crippen molar-refractivity contribution in [3.63, 3.8) is 0 Å². The zero-order chi connectivity index (χ0) is 13.7. The summed E-state index contributed by atoms with van der Waals surface area (Å²) < 4.78 is 5.77. The second-order valence-corrected chi connectivity index (χ2v) is 5.87. The van der Waals surface area contributed by atoms with E-state index in [2.05, 4.69) is 26.0 Å². The molecule has 2 heteroatoms. The lowest BCUT2D eigenvalue weighted by atomic mass is 9.73. The van der Waals surface area contributed by atoms with E-state index in [9.17, 15) is 5.11 Å². The van der Waals surface area contributed by atoms with Crippen LogP contribution < -0.4 is 4.74 Å². The van der Waals surface area contributed by atoms with E-state index < -0.39 is 0 Å². The van der Waals surface area contributed by atoms with Crippen LogP contribution in [-0.4, -0.2) is 18.3 Å². The Labute approximate surface area is 116 Å². The van der Waals surface area contributed by atoms with Crippen LogP contribution in [0.3, 0.4) is 0 Å². The van der Waals surface area contributed by atoms with E-state index in [4.69, 9.17) is 4.74 Å². The highest BCUT2D eigenvalue weighted by Gasteiger charge is 2.34. The predicted molar refractivity (Wildman–Crippen MR) is 78.6 cm³/mol. The average molecular weight is 262 g/mol. The molecule has 2 rings (SSSR count). The molecular weight excluding hydrogens is 236 g/mol. The van der Waals surface area contributed by atoms with Crippen LogP contribution in [0, 0.1) is 5.41 Å². The molecule has 0 amide bonds. The fourth-order valence-corrected chi connectivity index (χ4v) is 3.15. The summed E-state index contributed by atoms with van der Waals surface area (Å²) >= 11 is 0. The molecule has 2 unspecified atom stereocenters. The lowest BCUT2D eigenvalue weighted by Crippen LogP contribution is -2.27. The minimum atomic E-state index is 0.0709. The number of hydrogen-bond donors (Lipinski definition) is 1. The van der Waals surface area contributed by atoms with E-state index in [1.807, 2.05) is 12.1 Å². The number of benzene rings is 1. The molecule has 2 atom stereocenters. The normalized spacial score (nSPS) is 20.7. The van der Waals surface area contributed by atoms with Crippen molar-refractivity contribution in [2.24, 2.45) is 5.41 Å². The number of aliphatic hydroxyl groups is 1. The zero-order valence-corrected chi connectivity index (χ0v) is 12.2. The highest BCUT2D eigenvalue weighted by Crippen LogP contribution is 2.44. The van der Waals surface area contributed by atoms with Gasteiger partial charge in [-0.1, -0.05) is 44.9 Å². The highest BCUT2D eigenvalue weighted by atomic mass is 16.5. The van der Waals surface area contributed by atoms with Crippen molar-refractivity contribution in [2.45, 2.75) is 51.9 Å². The SMILES string of the molecule is CCCCC(CC)(CO)CC1COc2ccccc21. The molecule has 0 spiro atoms. The number of para-hydroxylation sites is 1. The first kappa shape index (κ1) is 14.4. The van der Waals surface area contributed by atoms with E-state index in [-0.39, 0.29) is 5.41 Å². The number of fused-ring (bicyclic) bond motifs is 1. The van der Waals surface area contributed by atoms with E-state index in [1.54, 1.807) is 0 Å². The summed E-state index contributed by atoms with van der Waals surface area (Å²) in [6.07, 6.45) is 5.59. The second-order valence-electron chi connectivity index (χ2n) is 5.87. The minimum absolute atomic E-state index is 0.0709. The summed E-state index contributed by atoms with van der Waals surface area (Å²) in [6.45, 7) is 5.48. The standard InChI is InChI=1S/C17H26O2/c1-3-5-10-17(4-2,13-18)11-14-12-19-16-9-7-6-8-15(14)16/h6-9,14,18H,3-5,10-13H2,1-2H3. The minimum Gasteiger partial charge on any atom is -0.493 e. The molecule has 0 saturated heterocycles. The van der Waals surface area contributed by atoms with Crippen molar-refractivity contribution < 1.29 is 9.84 Å². The Balaban J connectivity index is 2.10. The van der Waals surface area contributed by atoms with Crippen molar-refractivity contribution in [1.29, 1.82) is 0 Å². The summed E-state index contributed by atoms with van der Waals surface area (Å²) in [7, 11) is 0. The molecule has 1 aromatic carbocycles. The molecule has 1 aromatic rings. The molecule has 2 nitrogen and oxygen atoms in total. The maximum atomic E-state index is 9.87. The molecule has 19 heavy (non-hydrogen) atoms. The van der Waals surface area contributed by atoms with Crippen molar-refractivity contribution in [3.05, 3.63) is 29.8 Å². The number of aliphatic hydroxyl groups excluding tert-OH is 1. The van der Waals surface area contributed by atoms with Crippen molar-refractivity contribution >= 4 is 0 Å². The molecule has 0 bridgehead atoms. The first-order valence-corrected chi connectivity index (χ1v) is 7.57. The van der Waals surface area contributed by atoms with E-state index in [0.717, 1.165) is 31.6 Å². The van der Waals surface area contributed by atoms with Gasteiger partial charge in [0.2, 0.25) is 0 Å². The van der Waals surface area contributed by atoms with E-state index in [1.165, 1.54) is 18.4 Å². The molecule has 0 aromatic heterocycles. The van der Waals surface area contributed by atoms with Crippen LogP contribution >= 0.6 is 0 Å². The van der Waals surface area contributed by atoms with Gasteiger partial charge < -0.3 is 9.84 Å². The highest BCUT2D eigenvalue weighted by molar-refractivity contribution is 5.39. The quantitative estimate of drug-likeness (QED) is 0.800. The maximum Gasteiger partial charge on any atom is 0.122 e. The number of unbranched alkanes of at least 4 members (excludes halogenated alkanes) is 1. The van der Waals surface area contributed by atoms with Crippen LogP contribution in [0.15, 0.2) is 24.3 Å². The fourth-order valence-electron chi connectivity index (χ4n) is 3.15. The van der Waals surface area contributed by atoms with Gasteiger partial charge in [0.25, 0.3) is 0 Å². The molecule has 1 heterocycles. The number of rotatable bonds is 7.